The quantitative estimate of drug-likeness (QED) is 0.418. The zero-order chi connectivity index (χ0) is 9.84. The summed E-state index contributed by atoms with van der Waals surface area (Å²) in [7, 11) is 0. The predicted molar refractivity (Wildman–Crippen MR) is 48.0 cm³/mol. The zero-order valence-corrected chi connectivity index (χ0v) is 7.36. The first-order valence-electron chi connectivity index (χ1n) is 3.44. The van der Waals surface area contributed by atoms with Crippen LogP contribution in [0.3, 0.4) is 0 Å². The Morgan fingerprint density at radius 3 is 2.46 bits per heavy atom. The Labute approximate surface area is 77.4 Å². The summed E-state index contributed by atoms with van der Waals surface area (Å²) in [6, 6.07) is 6.13. The smallest absolute Gasteiger partial charge is 0.259 e. The second-order valence-electron chi connectivity index (χ2n) is 2.31. The van der Waals surface area contributed by atoms with Gasteiger partial charge < -0.3 is 10.2 Å². The topological polar surface area (TPSA) is 89.8 Å². The molecule has 0 aliphatic rings. The molecular weight excluding hydrogens is 194 g/mol. The van der Waals surface area contributed by atoms with E-state index >= 15 is 0 Å². The van der Waals surface area contributed by atoms with Crippen LogP contribution in [-0.4, -0.2) is 19.0 Å². The molecule has 0 aromatic heterocycles. The molecule has 0 aliphatic heterocycles. The van der Waals surface area contributed by atoms with Gasteiger partial charge >= 0.3 is 0 Å². The lowest BCUT2D eigenvalue weighted by atomic mass is 10.2. The van der Waals surface area contributed by atoms with Crippen molar-refractivity contribution in [2.75, 3.05) is 4.72 Å². The van der Waals surface area contributed by atoms with E-state index in [2.05, 4.69) is 4.72 Å². The fourth-order valence-corrected chi connectivity index (χ4v) is 1.28. The van der Waals surface area contributed by atoms with Gasteiger partial charge in [0, 0.05) is 5.56 Å². The van der Waals surface area contributed by atoms with Crippen molar-refractivity contribution in [1.82, 2.24) is 0 Å². The SMILES string of the molecule is O=S(O)Nc1ccccc1C(O)O. The summed E-state index contributed by atoms with van der Waals surface area (Å²) in [5.41, 5.74) is 0.378. The van der Waals surface area contributed by atoms with Crippen LogP contribution in [0.25, 0.3) is 0 Å². The van der Waals surface area contributed by atoms with Gasteiger partial charge in [-0.3, -0.25) is 9.27 Å². The van der Waals surface area contributed by atoms with Gasteiger partial charge in [0.05, 0.1) is 5.69 Å². The van der Waals surface area contributed by atoms with E-state index in [1.54, 1.807) is 12.1 Å². The van der Waals surface area contributed by atoms with E-state index in [-0.39, 0.29) is 11.3 Å². The molecule has 0 radical (unpaired) electrons. The van der Waals surface area contributed by atoms with Crippen LogP contribution < -0.4 is 4.72 Å². The highest BCUT2D eigenvalue weighted by Crippen LogP contribution is 2.20. The highest BCUT2D eigenvalue weighted by molar-refractivity contribution is 7.80. The van der Waals surface area contributed by atoms with Crippen LogP contribution >= 0.6 is 0 Å². The highest BCUT2D eigenvalue weighted by atomic mass is 32.2. The summed E-state index contributed by atoms with van der Waals surface area (Å²) in [4.78, 5) is 0. The second-order valence-corrected chi connectivity index (χ2v) is 3.01. The molecule has 0 aliphatic carbocycles. The summed E-state index contributed by atoms with van der Waals surface area (Å²) < 4.78 is 21.1. The number of rotatable bonds is 3. The molecule has 5 nitrogen and oxygen atoms in total. The van der Waals surface area contributed by atoms with Crippen molar-refractivity contribution in [3.05, 3.63) is 29.8 Å². The minimum Gasteiger partial charge on any atom is -0.364 e. The van der Waals surface area contributed by atoms with Crippen LogP contribution in [0, 0.1) is 0 Å². The molecule has 1 aromatic carbocycles. The van der Waals surface area contributed by atoms with Gasteiger partial charge in [-0.15, -0.1) is 0 Å². The molecule has 0 heterocycles. The molecule has 0 fully saturated rings. The molecular formula is C7H9NO4S. The maximum Gasteiger partial charge on any atom is 0.259 e. The Hall–Kier alpha value is -0.950. The number of hydrogen-bond donors (Lipinski definition) is 4. The standard InChI is InChI=1S/C7H9NO4S/c9-7(10)5-3-1-2-4-6(5)8-13(11)12/h1-4,7-10H,(H,11,12). The molecule has 0 amide bonds. The fourth-order valence-electron chi connectivity index (χ4n) is 0.909. The molecule has 1 unspecified atom stereocenters. The first kappa shape index (κ1) is 10.1. The van der Waals surface area contributed by atoms with E-state index in [9.17, 15) is 4.21 Å². The number of para-hydroxylation sites is 1. The minimum atomic E-state index is -2.22. The number of aliphatic hydroxyl groups is 2. The number of aliphatic hydroxyl groups excluding tert-OH is 1. The minimum absolute atomic E-state index is 0.157. The average Bonchev–Trinajstić information content (AvgIpc) is 2.03. The van der Waals surface area contributed by atoms with Crippen molar-refractivity contribution >= 4 is 17.0 Å². The third kappa shape index (κ3) is 2.78. The van der Waals surface area contributed by atoms with Gasteiger partial charge in [-0.25, -0.2) is 4.21 Å². The summed E-state index contributed by atoms with van der Waals surface area (Å²) in [5, 5.41) is 17.7. The van der Waals surface area contributed by atoms with E-state index in [0.29, 0.717) is 0 Å². The van der Waals surface area contributed by atoms with Crippen molar-refractivity contribution in [2.45, 2.75) is 6.29 Å². The maximum absolute atomic E-state index is 10.4. The van der Waals surface area contributed by atoms with E-state index in [1.807, 2.05) is 0 Å². The number of anilines is 1. The third-order valence-electron chi connectivity index (χ3n) is 1.44. The predicted octanol–water partition coefficient (Wildman–Crippen LogP) is 0.218. The molecule has 1 rings (SSSR count). The molecule has 0 bridgehead atoms. The van der Waals surface area contributed by atoms with Crippen molar-refractivity contribution in [3.63, 3.8) is 0 Å². The van der Waals surface area contributed by atoms with Crippen LogP contribution in [0.4, 0.5) is 5.69 Å². The molecule has 1 aromatic rings. The molecule has 72 valence electrons. The van der Waals surface area contributed by atoms with Gasteiger partial charge in [-0.2, -0.15) is 0 Å². The number of hydrogen-bond acceptors (Lipinski definition) is 3. The number of benzene rings is 1. The normalized spacial score (nSPS) is 12.9. The van der Waals surface area contributed by atoms with Crippen molar-refractivity contribution in [1.29, 1.82) is 0 Å². The van der Waals surface area contributed by atoms with Crippen molar-refractivity contribution in [3.8, 4) is 0 Å². The third-order valence-corrected chi connectivity index (χ3v) is 1.83. The van der Waals surface area contributed by atoms with Crippen LogP contribution in [0.2, 0.25) is 0 Å². The summed E-state index contributed by atoms with van der Waals surface area (Å²) >= 11 is -2.22. The lowest BCUT2D eigenvalue weighted by Crippen LogP contribution is -2.06. The Morgan fingerprint density at radius 2 is 1.92 bits per heavy atom. The van der Waals surface area contributed by atoms with Gasteiger partial charge in [0.25, 0.3) is 11.3 Å². The molecule has 1 atom stereocenters. The summed E-state index contributed by atoms with van der Waals surface area (Å²) in [5.74, 6) is 0. The first-order chi connectivity index (χ1) is 6.11. The van der Waals surface area contributed by atoms with Crippen LogP contribution in [0.15, 0.2) is 24.3 Å². The zero-order valence-electron chi connectivity index (χ0n) is 6.54. The monoisotopic (exact) mass is 203 g/mol. The largest absolute Gasteiger partial charge is 0.364 e. The van der Waals surface area contributed by atoms with E-state index in [4.69, 9.17) is 14.8 Å². The molecule has 0 saturated heterocycles. The van der Waals surface area contributed by atoms with Gasteiger partial charge in [-0.1, -0.05) is 18.2 Å². The van der Waals surface area contributed by atoms with Crippen LogP contribution in [0.5, 0.6) is 0 Å². The van der Waals surface area contributed by atoms with E-state index in [1.165, 1.54) is 12.1 Å². The Morgan fingerprint density at radius 1 is 1.31 bits per heavy atom. The first-order valence-corrected chi connectivity index (χ1v) is 4.54. The van der Waals surface area contributed by atoms with Gasteiger partial charge in [0.15, 0.2) is 6.29 Å². The Kier molecular flexibility index (Phi) is 3.38. The van der Waals surface area contributed by atoms with Gasteiger partial charge in [0.1, 0.15) is 0 Å². The van der Waals surface area contributed by atoms with Gasteiger partial charge in [0.2, 0.25) is 0 Å². The lowest BCUT2D eigenvalue weighted by molar-refractivity contribution is -0.0418. The Balaban J connectivity index is 2.97. The summed E-state index contributed by atoms with van der Waals surface area (Å²) in [6.07, 6.45) is -1.66. The van der Waals surface area contributed by atoms with E-state index in [0.717, 1.165) is 0 Å². The maximum atomic E-state index is 10.4. The van der Waals surface area contributed by atoms with Gasteiger partial charge in [-0.05, 0) is 6.07 Å². The molecule has 4 N–H and O–H groups in total. The number of nitrogens with one attached hydrogen (secondary N) is 1. The lowest BCUT2D eigenvalue weighted by Gasteiger charge is -2.09. The van der Waals surface area contributed by atoms with Crippen LogP contribution in [0.1, 0.15) is 11.9 Å². The molecule has 13 heavy (non-hydrogen) atoms. The van der Waals surface area contributed by atoms with Crippen molar-refractivity contribution < 1.29 is 19.0 Å². The molecule has 0 spiro atoms. The highest BCUT2D eigenvalue weighted by Gasteiger charge is 2.08. The molecule has 0 saturated carbocycles. The van der Waals surface area contributed by atoms with E-state index < -0.39 is 17.6 Å². The summed E-state index contributed by atoms with van der Waals surface area (Å²) in [6.45, 7) is 0. The van der Waals surface area contributed by atoms with Crippen molar-refractivity contribution in [2.24, 2.45) is 0 Å². The second kappa shape index (κ2) is 4.33. The Bertz CT molecular complexity index is 315. The van der Waals surface area contributed by atoms with Crippen LogP contribution in [-0.2, 0) is 11.3 Å². The fraction of sp³-hybridized carbons (Fsp3) is 0.143. The molecule has 6 heteroatoms. The average molecular weight is 203 g/mol.